The summed E-state index contributed by atoms with van der Waals surface area (Å²) < 4.78 is 1.79. The minimum Gasteiger partial charge on any atom is -0.328 e. The van der Waals surface area contributed by atoms with E-state index in [9.17, 15) is 0 Å². The Morgan fingerprint density at radius 1 is 1.40 bits per heavy atom. The SMILES string of the molecule is CC(N)CCCc1nn2c(-c3cccnc3)nnc2s1. The van der Waals surface area contributed by atoms with Crippen LogP contribution in [0.1, 0.15) is 24.8 Å². The summed E-state index contributed by atoms with van der Waals surface area (Å²) in [7, 11) is 0. The highest BCUT2D eigenvalue weighted by molar-refractivity contribution is 7.16. The molecular weight excluding hydrogens is 272 g/mol. The fourth-order valence-electron chi connectivity index (χ4n) is 2.01. The lowest BCUT2D eigenvalue weighted by Crippen LogP contribution is -2.14. The molecule has 3 aromatic rings. The minimum atomic E-state index is 0.242. The molecule has 0 aliphatic heterocycles. The monoisotopic (exact) mass is 288 g/mol. The van der Waals surface area contributed by atoms with Crippen LogP contribution in [0.25, 0.3) is 16.3 Å². The quantitative estimate of drug-likeness (QED) is 0.775. The van der Waals surface area contributed by atoms with E-state index in [-0.39, 0.29) is 6.04 Å². The zero-order chi connectivity index (χ0) is 13.9. The molecule has 3 heterocycles. The van der Waals surface area contributed by atoms with Crippen molar-refractivity contribution in [3.05, 3.63) is 29.5 Å². The van der Waals surface area contributed by atoms with Gasteiger partial charge in [-0.15, -0.1) is 10.2 Å². The molecular formula is C13H16N6S. The Hall–Kier alpha value is -1.86. The molecule has 0 spiro atoms. The second-order valence-electron chi connectivity index (χ2n) is 4.82. The van der Waals surface area contributed by atoms with Gasteiger partial charge in [0.05, 0.1) is 0 Å². The highest BCUT2D eigenvalue weighted by Crippen LogP contribution is 2.21. The van der Waals surface area contributed by atoms with Crippen molar-refractivity contribution in [3.8, 4) is 11.4 Å². The Bertz CT molecular complexity index is 687. The summed E-state index contributed by atoms with van der Waals surface area (Å²) in [4.78, 5) is 4.92. The molecule has 20 heavy (non-hydrogen) atoms. The van der Waals surface area contributed by atoms with Crippen molar-refractivity contribution in [2.24, 2.45) is 5.73 Å². The number of fused-ring (bicyclic) bond motifs is 1. The third kappa shape index (κ3) is 2.68. The van der Waals surface area contributed by atoms with Gasteiger partial charge in [-0.25, -0.2) is 0 Å². The number of rotatable bonds is 5. The summed E-state index contributed by atoms with van der Waals surface area (Å²) in [6.45, 7) is 2.03. The van der Waals surface area contributed by atoms with Crippen molar-refractivity contribution in [1.82, 2.24) is 24.8 Å². The molecule has 0 fully saturated rings. The molecule has 0 aliphatic carbocycles. The highest BCUT2D eigenvalue weighted by Gasteiger charge is 2.13. The van der Waals surface area contributed by atoms with Gasteiger partial charge < -0.3 is 5.73 Å². The average molecular weight is 288 g/mol. The molecule has 7 heteroatoms. The van der Waals surface area contributed by atoms with Gasteiger partial charge in [0.15, 0.2) is 5.82 Å². The van der Waals surface area contributed by atoms with Gasteiger partial charge in [-0.2, -0.15) is 9.61 Å². The van der Waals surface area contributed by atoms with Crippen molar-refractivity contribution >= 4 is 16.3 Å². The van der Waals surface area contributed by atoms with Crippen molar-refractivity contribution < 1.29 is 0 Å². The maximum Gasteiger partial charge on any atom is 0.234 e. The summed E-state index contributed by atoms with van der Waals surface area (Å²) in [6.07, 6.45) is 6.50. The Balaban J connectivity index is 1.84. The van der Waals surface area contributed by atoms with E-state index in [1.807, 2.05) is 19.1 Å². The third-order valence-electron chi connectivity index (χ3n) is 3.00. The van der Waals surface area contributed by atoms with Crippen LogP contribution in [0.2, 0.25) is 0 Å². The summed E-state index contributed by atoms with van der Waals surface area (Å²) in [5.41, 5.74) is 6.68. The Morgan fingerprint density at radius 3 is 3.05 bits per heavy atom. The van der Waals surface area contributed by atoms with Gasteiger partial charge in [0, 0.05) is 30.4 Å². The summed E-state index contributed by atoms with van der Waals surface area (Å²) in [6, 6.07) is 4.08. The predicted molar refractivity (Wildman–Crippen MR) is 78.5 cm³/mol. The zero-order valence-electron chi connectivity index (χ0n) is 11.2. The summed E-state index contributed by atoms with van der Waals surface area (Å²) in [5, 5.41) is 14.0. The molecule has 0 bridgehead atoms. The smallest absolute Gasteiger partial charge is 0.234 e. The van der Waals surface area contributed by atoms with Gasteiger partial charge >= 0.3 is 0 Å². The Labute approximate surface area is 120 Å². The van der Waals surface area contributed by atoms with Crippen LogP contribution in [0, 0.1) is 0 Å². The first-order valence-corrected chi connectivity index (χ1v) is 7.43. The molecule has 3 aromatic heterocycles. The number of nitrogens with zero attached hydrogens (tertiary/aromatic N) is 5. The van der Waals surface area contributed by atoms with Crippen molar-refractivity contribution in [3.63, 3.8) is 0 Å². The first-order valence-electron chi connectivity index (χ1n) is 6.61. The molecule has 0 aliphatic rings. The molecule has 0 aromatic carbocycles. The van der Waals surface area contributed by atoms with Crippen molar-refractivity contribution in [1.29, 1.82) is 0 Å². The van der Waals surface area contributed by atoms with E-state index in [0.29, 0.717) is 0 Å². The lowest BCUT2D eigenvalue weighted by molar-refractivity contribution is 0.620. The molecule has 1 atom stereocenters. The molecule has 0 radical (unpaired) electrons. The molecule has 2 N–H and O–H groups in total. The third-order valence-corrected chi connectivity index (χ3v) is 3.96. The van der Waals surface area contributed by atoms with Gasteiger partial charge in [-0.3, -0.25) is 4.98 Å². The normalized spacial score (nSPS) is 12.9. The summed E-state index contributed by atoms with van der Waals surface area (Å²) >= 11 is 1.58. The van der Waals surface area contributed by atoms with E-state index >= 15 is 0 Å². The van der Waals surface area contributed by atoms with E-state index in [0.717, 1.165) is 40.6 Å². The van der Waals surface area contributed by atoms with Crippen molar-refractivity contribution in [2.45, 2.75) is 32.2 Å². The highest BCUT2D eigenvalue weighted by atomic mass is 32.1. The van der Waals surface area contributed by atoms with Crippen LogP contribution in [0.4, 0.5) is 0 Å². The van der Waals surface area contributed by atoms with Crippen LogP contribution in [-0.4, -0.2) is 30.8 Å². The fraction of sp³-hybridized carbons (Fsp3) is 0.385. The molecule has 3 rings (SSSR count). The average Bonchev–Trinajstić information content (AvgIpc) is 2.99. The molecule has 1 unspecified atom stereocenters. The maximum absolute atomic E-state index is 5.76. The van der Waals surface area contributed by atoms with Crippen LogP contribution in [0.15, 0.2) is 24.5 Å². The van der Waals surface area contributed by atoms with Crippen LogP contribution in [0.5, 0.6) is 0 Å². The predicted octanol–water partition coefficient (Wildman–Crippen LogP) is 1.92. The van der Waals surface area contributed by atoms with Crippen LogP contribution < -0.4 is 5.73 Å². The minimum absolute atomic E-state index is 0.242. The van der Waals surface area contributed by atoms with E-state index in [4.69, 9.17) is 5.73 Å². The first-order chi connectivity index (χ1) is 9.74. The molecule has 0 amide bonds. The van der Waals surface area contributed by atoms with Crippen LogP contribution >= 0.6 is 11.3 Å². The van der Waals surface area contributed by atoms with Gasteiger partial charge in [-0.1, -0.05) is 11.3 Å². The maximum atomic E-state index is 5.76. The number of aryl methyl sites for hydroxylation is 1. The lowest BCUT2D eigenvalue weighted by Gasteiger charge is -2.01. The van der Waals surface area contributed by atoms with Gasteiger partial charge in [0.2, 0.25) is 4.96 Å². The van der Waals surface area contributed by atoms with E-state index in [1.54, 1.807) is 28.2 Å². The lowest BCUT2D eigenvalue weighted by atomic mass is 10.1. The van der Waals surface area contributed by atoms with Crippen molar-refractivity contribution in [2.75, 3.05) is 0 Å². The molecule has 104 valence electrons. The number of hydrogen-bond acceptors (Lipinski definition) is 6. The second-order valence-corrected chi connectivity index (χ2v) is 5.87. The zero-order valence-corrected chi connectivity index (χ0v) is 12.0. The molecule has 0 saturated heterocycles. The van der Waals surface area contributed by atoms with E-state index in [2.05, 4.69) is 20.3 Å². The standard InChI is InChI=1S/C13H16N6S/c1-9(14)4-2-6-11-18-19-12(16-17-13(19)20-11)10-5-3-7-15-8-10/h3,5,7-9H,2,4,6,14H2,1H3. The van der Waals surface area contributed by atoms with Crippen LogP contribution in [-0.2, 0) is 6.42 Å². The Morgan fingerprint density at radius 2 is 2.30 bits per heavy atom. The number of pyridine rings is 1. The van der Waals surface area contributed by atoms with Crippen LogP contribution in [0.3, 0.4) is 0 Å². The molecule has 0 saturated carbocycles. The Kier molecular flexibility index (Phi) is 3.70. The summed E-state index contributed by atoms with van der Waals surface area (Å²) in [5.74, 6) is 0.739. The van der Waals surface area contributed by atoms with E-state index in [1.165, 1.54) is 0 Å². The number of aromatic nitrogens is 5. The second kappa shape index (κ2) is 5.64. The topological polar surface area (TPSA) is 82.0 Å². The van der Waals surface area contributed by atoms with E-state index < -0.39 is 0 Å². The van der Waals surface area contributed by atoms with Gasteiger partial charge in [0.25, 0.3) is 0 Å². The first kappa shape index (κ1) is 13.1. The number of hydrogen-bond donors (Lipinski definition) is 1. The largest absolute Gasteiger partial charge is 0.328 e. The van der Waals surface area contributed by atoms with Gasteiger partial charge in [0.1, 0.15) is 5.01 Å². The van der Waals surface area contributed by atoms with Gasteiger partial charge in [-0.05, 0) is 31.9 Å². The fourth-order valence-corrected chi connectivity index (χ4v) is 2.88. The number of nitrogens with two attached hydrogens (primary N) is 1. The molecule has 6 nitrogen and oxygen atoms in total.